The van der Waals surface area contributed by atoms with Crippen LogP contribution in [0.3, 0.4) is 0 Å². The van der Waals surface area contributed by atoms with E-state index in [2.05, 4.69) is 11.6 Å². The summed E-state index contributed by atoms with van der Waals surface area (Å²) in [6.07, 6.45) is 3.82. The summed E-state index contributed by atoms with van der Waals surface area (Å²) in [5.41, 5.74) is 0. The van der Waals surface area contributed by atoms with E-state index >= 15 is 0 Å². The first-order valence-corrected chi connectivity index (χ1v) is 8.12. The van der Waals surface area contributed by atoms with Crippen LogP contribution in [0.1, 0.15) is 55.8 Å². The first kappa shape index (κ1) is 16.7. The maximum Gasteiger partial charge on any atom is 0.371 e. The van der Waals surface area contributed by atoms with Crippen molar-refractivity contribution >= 4 is 16.0 Å². The quantitative estimate of drug-likeness (QED) is 0.719. The summed E-state index contributed by atoms with van der Waals surface area (Å²) >= 11 is 0. The minimum Gasteiger partial charge on any atom is -0.475 e. The molecule has 114 valence electrons. The van der Waals surface area contributed by atoms with Gasteiger partial charge in [-0.1, -0.05) is 26.2 Å². The van der Waals surface area contributed by atoms with Gasteiger partial charge in [-0.3, -0.25) is 0 Å². The molecule has 1 atom stereocenters. The van der Waals surface area contributed by atoms with Gasteiger partial charge in [0.05, 0.1) is 0 Å². The summed E-state index contributed by atoms with van der Waals surface area (Å²) < 4.78 is 31.8. The number of aromatic carboxylic acids is 1. The second-order valence-electron chi connectivity index (χ2n) is 4.85. The Morgan fingerprint density at radius 1 is 1.45 bits per heavy atom. The van der Waals surface area contributed by atoms with Crippen molar-refractivity contribution in [2.75, 3.05) is 0 Å². The Bertz CT molecular complexity index is 561. The van der Waals surface area contributed by atoms with Crippen LogP contribution in [0.5, 0.6) is 0 Å². The van der Waals surface area contributed by atoms with Gasteiger partial charge in [-0.05, 0) is 20.3 Å². The van der Waals surface area contributed by atoms with E-state index in [1.165, 1.54) is 6.92 Å². The predicted octanol–water partition coefficient (Wildman–Crippen LogP) is 2.53. The summed E-state index contributed by atoms with van der Waals surface area (Å²) in [7, 11) is -3.75. The molecule has 1 unspecified atom stereocenters. The molecule has 0 radical (unpaired) electrons. The lowest BCUT2D eigenvalue weighted by Crippen LogP contribution is -2.32. The predicted molar refractivity (Wildman–Crippen MR) is 74.3 cm³/mol. The molecule has 0 fully saturated rings. The lowest BCUT2D eigenvalue weighted by Gasteiger charge is -2.13. The number of unbranched alkanes of at least 4 members (excludes halogenated alkanes) is 2. The molecule has 0 aromatic carbocycles. The Labute approximate surface area is 119 Å². The standard InChI is InChI=1S/C13H21NO5S/c1-4-5-6-7-9(2)14-20(17,18)12-8-11(13(15)16)19-10(12)3/h8-9,14H,4-7H2,1-3H3,(H,15,16). The number of hydrogen-bond donors (Lipinski definition) is 2. The average molecular weight is 303 g/mol. The number of sulfonamides is 1. The highest BCUT2D eigenvalue weighted by molar-refractivity contribution is 7.89. The number of hydrogen-bond acceptors (Lipinski definition) is 4. The van der Waals surface area contributed by atoms with Crippen LogP contribution in [-0.4, -0.2) is 25.5 Å². The molecular formula is C13H21NO5S. The number of rotatable bonds is 8. The smallest absolute Gasteiger partial charge is 0.371 e. The van der Waals surface area contributed by atoms with Crippen molar-refractivity contribution in [1.29, 1.82) is 0 Å². The van der Waals surface area contributed by atoms with Gasteiger partial charge in [-0.2, -0.15) is 0 Å². The molecule has 1 aromatic heterocycles. The summed E-state index contributed by atoms with van der Waals surface area (Å²) in [6.45, 7) is 5.31. The highest BCUT2D eigenvalue weighted by Gasteiger charge is 2.25. The van der Waals surface area contributed by atoms with E-state index in [0.717, 1.165) is 31.7 Å². The number of carbonyl (C=O) groups is 1. The van der Waals surface area contributed by atoms with Crippen LogP contribution >= 0.6 is 0 Å². The second kappa shape index (κ2) is 6.90. The van der Waals surface area contributed by atoms with Gasteiger partial charge in [0, 0.05) is 12.1 Å². The molecule has 0 aliphatic heterocycles. The molecule has 2 N–H and O–H groups in total. The van der Waals surface area contributed by atoms with E-state index in [1.54, 1.807) is 6.92 Å². The molecule has 20 heavy (non-hydrogen) atoms. The van der Waals surface area contributed by atoms with Crippen LogP contribution in [0.15, 0.2) is 15.4 Å². The van der Waals surface area contributed by atoms with E-state index < -0.39 is 16.0 Å². The third kappa shape index (κ3) is 4.35. The minimum atomic E-state index is -3.75. The van der Waals surface area contributed by atoms with Gasteiger partial charge < -0.3 is 9.52 Å². The zero-order chi connectivity index (χ0) is 15.3. The van der Waals surface area contributed by atoms with E-state index in [9.17, 15) is 13.2 Å². The molecule has 1 aromatic rings. The molecule has 0 amide bonds. The van der Waals surface area contributed by atoms with Crippen LogP contribution < -0.4 is 4.72 Å². The van der Waals surface area contributed by atoms with E-state index in [-0.39, 0.29) is 22.5 Å². The van der Waals surface area contributed by atoms with Crippen LogP contribution in [0.25, 0.3) is 0 Å². The summed E-state index contributed by atoms with van der Waals surface area (Å²) in [4.78, 5) is 10.7. The van der Waals surface area contributed by atoms with Crippen molar-refractivity contribution in [2.45, 2.75) is 57.4 Å². The topological polar surface area (TPSA) is 96.6 Å². The molecule has 1 rings (SSSR count). The van der Waals surface area contributed by atoms with Crippen molar-refractivity contribution in [3.63, 3.8) is 0 Å². The monoisotopic (exact) mass is 303 g/mol. The van der Waals surface area contributed by atoms with Crippen molar-refractivity contribution in [1.82, 2.24) is 4.72 Å². The molecular weight excluding hydrogens is 282 g/mol. The Hall–Kier alpha value is -1.34. The van der Waals surface area contributed by atoms with Crippen LogP contribution in [0, 0.1) is 6.92 Å². The number of aryl methyl sites for hydroxylation is 1. The van der Waals surface area contributed by atoms with Gasteiger partial charge in [0.25, 0.3) is 0 Å². The van der Waals surface area contributed by atoms with E-state index in [4.69, 9.17) is 9.52 Å². The lowest BCUT2D eigenvalue weighted by atomic mass is 10.1. The molecule has 0 aliphatic rings. The largest absolute Gasteiger partial charge is 0.475 e. The fraction of sp³-hybridized carbons (Fsp3) is 0.615. The van der Waals surface area contributed by atoms with Crippen molar-refractivity contribution in [2.24, 2.45) is 0 Å². The highest BCUT2D eigenvalue weighted by Crippen LogP contribution is 2.20. The molecule has 6 nitrogen and oxygen atoms in total. The number of carboxylic acids is 1. The zero-order valence-corrected chi connectivity index (χ0v) is 12.8. The minimum absolute atomic E-state index is 0.0793. The third-order valence-electron chi connectivity index (χ3n) is 2.97. The van der Waals surface area contributed by atoms with Crippen molar-refractivity contribution < 1.29 is 22.7 Å². The third-order valence-corrected chi connectivity index (χ3v) is 4.67. The summed E-state index contributed by atoms with van der Waals surface area (Å²) in [5.74, 6) is -1.58. The van der Waals surface area contributed by atoms with E-state index in [0.29, 0.717) is 0 Å². The van der Waals surface area contributed by atoms with Crippen LogP contribution in [-0.2, 0) is 10.0 Å². The van der Waals surface area contributed by atoms with E-state index in [1.807, 2.05) is 0 Å². The molecule has 0 aliphatic carbocycles. The molecule has 0 bridgehead atoms. The molecule has 0 saturated heterocycles. The zero-order valence-electron chi connectivity index (χ0n) is 12.0. The molecule has 7 heteroatoms. The number of nitrogens with one attached hydrogen (secondary N) is 1. The lowest BCUT2D eigenvalue weighted by molar-refractivity contribution is 0.0661. The first-order valence-electron chi connectivity index (χ1n) is 6.64. The second-order valence-corrected chi connectivity index (χ2v) is 6.54. The number of furan rings is 1. The molecule has 0 spiro atoms. The van der Waals surface area contributed by atoms with Crippen LogP contribution in [0.4, 0.5) is 0 Å². The maximum absolute atomic E-state index is 12.2. The highest BCUT2D eigenvalue weighted by atomic mass is 32.2. The van der Waals surface area contributed by atoms with Gasteiger partial charge in [-0.15, -0.1) is 0 Å². The average Bonchev–Trinajstić information content (AvgIpc) is 2.72. The van der Waals surface area contributed by atoms with Crippen LogP contribution in [0.2, 0.25) is 0 Å². The first-order chi connectivity index (χ1) is 9.27. The fourth-order valence-corrected chi connectivity index (χ4v) is 3.38. The Morgan fingerprint density at radius 3 is 2.60 bits per heavy atom. The number of carboxylic acid groups (broad SMARTS) is 1. The molecule has 1 heterocycles. The van der Waals surface area contributed by atoms with Crippen molar-refractivity contribution in [3.05, 3.63) is 17.6 Å². The summed E-state index contributed by atoms with van der Waals surface area (Å²) in [5, 5.41) is 8.80. The Kier molecular flexibility index (Phi) is 5.76. The maximum atomic E-state index is 12.2. The van der Waals surface area contributed by atoms with Gasteiger partial charge >= 0.3 is 5.97 Å². The van der Waals surface area contributed by atoms with Gasteiger partial charge in [-0.25, -0.2) is 17.9 Å². The molecule has 0 saturated carbocycles. The van der Waals surface area contributed by atoms with Gasteiger partial charge in [0.15, 0.2) is 0 Å². The normalized spacial score (nSPS) is 13.3. The van der Waals surface area contributed by atoms with Gasteiger partial charge in [0.2, 0.25) is 15.8 Å². The Morgan fingerprint density at radius 2 is 2.10 bits per heavy atom. The van der Waals surface area contributed by atoms with Crippen molar-refractivity contribution in [3.8, 4) is 0 Å². The SMILES string of the molecule is CCCCCC(C)NS(=O)(=O)c1cc(C(=O)O)oc1C. The summed E-state index contributed by atoms with van der Waals surface area (Å²) in [6, 6.07) is 0.841. The van der Waals surface area contributed by atoms with Gasteiger partial charge in [0.1, 0.15) is 10.7 Å². The fourth-order valence-electron chi connectivity index (χ4n) is 1.93. The Balaban J connectivity index is 2.81.